The Labute approximate surface area is 366 Å². The minimum Gasteiger partial charge on any atom is -0.496 e. The van der Waals surface area contributed by atoms with Crippen molar-refractivity contribution in [2.24, 2.45) is 5.92 Å². The molecular weight excluding hydrogens is 720 g/mol. The van der Waals surface area contributed by atoms with Crippen LogP contribution in [0.1, 0.15) is 79.5 Å². The predicted molar refractivity (Wildman–Crippen MR) is 203 cm³/mol. The van der Waals surface area contributed by atoms with E-state index in [2.05, 4.69) is 139 Å². The van der Waals surface area contributed by atoms with Gasteiger partial charge in [-0.05, 0) is 92.8 Å². The maximum absolute atomic E-state index is 5.23. The summed E-state index contributed by atoms with van der Waals surface area (Å²) in [7, 11) is 6.41. The van der Waals surface area contributed by atoms with Gasteiger partial charge in [0.15, 0.2) is 0 Å². The molecule has 2 fully saturated rings. The van der Waals surface area contributed by atoms with Gasteiger partial charge in [-0.2, -0.15) is 0 Å². The maximum Gasteiger partial charge on any atom is 0.124 e. The molecule has 0 aliphatic heterocycles. The molecule has 1 N–H and O–H groups in total. The third-order valence-electron chi connectivity index (χ3n) is 9.33. The normalized spacial score (nSPS) is 16.9. The number of rotatable bonds is 8. The van der Waals surface area contributed by atoms with Crippen molar-refractivity contribution in [1.29, 1.82) is 0 Å². The van der Waals surface area contributed by atoms with Gasteiger partial charge in [-0.3, -0.25) is 0 Å². The smallest absolute Gasteiger partial charge is 0.124 e. The summed E-state index contributed by atoms with van der Waals surface area (Å²) in [6.07, 6.45) is 11.5. The van der Waals surface area contributed by atoms with Crippen LogP contribution in [-0.2, 0) is 17.1 Å². The van der Waals surface area contributed by atoms with Crippen LogP contribution < -0.4 is 26.0 Å². The Balaban J connectivity index is 0.000000503. The van der Waals surface area contributed by atoms with Gasteiger partial charge in [0.05, 0.1) is 7.11 Å². The number of nitrogens with one attached hydrogen (secondary N) is 1. The fourth-order valence-electron chi connectivity index (χ4n) is 7.40. The molecule has 4 atom stereocenters. The van der Waals surface area contributed by atoms with E-state index in [0.717, 1.165) is 18.0 Å². The molecule has 0 saturated heterocycles. The first-order valence-corrected chi connectivity index (χ1v) is 18.9. The molecule has 0 radical (unpaired) electrons. The summed E-state index contributed by atoms with van der Waals surface area (Å²) in [6.45, 7) is 7.27. The number of aryl methyl sites for hydroxylation is 3. The van der Waals surface area contributed by atoms with Crippen molar-refractivity contribution in [3.8, 4) is 5.75 Å². The molecule has 2 aliphatic carbocycles. The molecule has 6 rings (SSSR count). The molecule has 0 amide bonds. The van der Waals surface area contributed by atoms with Crippen LogP contribution in [0.5, 0.6) is 5.75 Å². The molecule has 48 heavy (non-hydrogen) atoms. The molecule has 7 heteroatoms. The van der Waals surface area contributed by atoms with Crippen molar-refractivity contribution in [2.45, 2.75) is 83.7 Å². The second-order valence-electron chi connectivity index (χ2n) is 12.7. The first-order chi connectivity index (χ1) is 21.9. The maximum atomic E-state index is 5.23. The van der Waals surface area contributed by atoms with Crippen molar-refractivity contribution in [2.75, 3.05) is 20.7 Å². The van der Waals surface area contributed by atoms with E-state index in [1.165, 1.54) is 89.5 Å². The summed E-state index contributed by atoms with van der Waals surface area (Å²) < 4.78 is 5.23. The Morgan fingerprint density at radius 3 is 1.67 bits per heavy atom. The quantitative estimate of drug-likeness (QED) is 0.142. The molecule has 0 spiro atoms. The van der Waals surface area contributed by atoms with E-state index in [9.17, 15) is 0 Å². The summed E-state index contributed by atoms with van der Waals surface area (Å²) in [5.41, 5.74) is 5.94. The minimum absolute atomic E-state index is 0. The van der Waals surface area contributed by atoms with Crippen molar-refractivity contribution >= 4 is 33.1 Å². The summed E-state index contributed by atoms with van der Waals surface area (Å²) >= 11 is 0. The molecule has 0 aromatic heterocycles. The van der Waals surface area contributed by atoms with E-state index >= 15 is 0 Å². The van der Waals surface area contributed by atoms with Crippen molar-refractivity contribution in [1.82, 2.24) is 5.32 Å². The summed E-state index contributed by atoms with van der Waals surface area (Å²) in [5.74, 6) is 2.27. The molecule has 264 valence electrons. The monoisotopic (exact) mass is 775 g/mol. The fourth-order valence-corrected chi connectivity index (χ4v) is 11.1. The van der Waals surface area contributed by atoms with E-state index < -0.39 is 0 Å². The van der Waals surface area contributed by atoms with Gasteiger partial charge in [0, 0.05) is 105 Å². The zero-order valence-electron chi connectivity index (χ0n) is 29.3. The van der Waals surface area contributed by atoms with Crippen LogP contribution in [0.25, 0.3) is 0 Å². The molecule has 2 aliphatic rings. The average molecular weight is 776 g/mol. The van der Waals surface area contributed by atoms with Crippen LogP contribution in [0.15, 0.2) is 97.1 Å². The summed E-state index contributed by atoms with van der Waals surface area (Å²) in [5, 5.41) is 7.90. The van der Waals surface area contributed by atoms with Crippen LogP contribution in [0.3, 0.4) is 0 Å². The molecule has 0 bridgehead atoms. The van der Waals surface area contributed by atoms with E-state index in [1.54, 1.807) is 7.11 Å². The van der Waals surface area contributed by atoms with Gasteiger partial charge in [-0.1, -0.05) is 141 Å². The van der Waals surface area contributed by atoms with Crippen molar-refractivity contribution < 1.29 is 97.3 Å². The third kappa shape index (κ3) is 13.8. The van der Waals surface area contributed by atoms with Gasteiger partial charge < -0.3 is 10.1 Å². The zero-order valence-corrected chi connectivity index (χ0v) is 33.9. The Hall–Kier alpha value is 0.539. The van der Waals surface area contributed by atoms with Gasteiger partial charge in [0.2, 0.25) is 0 Å². The van der Waals surface area contributed by atoms with E-state index in [1.807, 2.05) is 0 Å². The number of hydrogen-bond donors (Lipinski definition) is 1. The first-order valence-electron chi connectivity index (χ1n) is 16.9. The number of likely N-dealkylation sites (N-methyl/N-ethyl adjacent to an activating group) is 1. The van der Waals surface area contributed by atoms with Gasteiger partial charge >= 0.3 is 0 Å². The van der Waals surface area contributed by atoms with E-state index in [4.69, 9.17) is 4.74 Å². The fraction of sp³-hybridized carbons (Fsp3) is 0.415. The molecular formula is C41H55Ar2FeNOP2. The van der Waals surface area contributed by atoms with Crippen molar-refractivity contribution in [3.63, 3.8) is 0 Å². The summed E-state index contributed by atoms with van der Waals surface area (Å²) in [6, 6.07) is 35.7. The first kappa shape index (κ1) is 46.6. The van der Waals surface area contributed by atoms with Crippen LogP contribution >= 0.6 is 17.2 Å². The van der Waals surface area contributed by atoms with Crippen molar-refractivity contribution in [3.05, 3.63) is 119 Å². The average Bonchev–Trinajstić information content (AvgIpc) is 3.78. The Kier molecular flexibility index (Phi) is 24.7. The van der Waals surface area contributed by atoms with Crippen LogP contribution in [0, 0.1) is 102 Å². The minimum atomic E-state index is -0.369. The topological polar surface area (TPSA) is 21.3 Å². The van der Waals surface area contributed by atoms with Crippen LogP contribution in [0.4, 0.5) is 0 Å². The Bertz CT molecular complexity index is 1370. The Morgan fingerprint density at radius 2 is 1.21 bits per heavy atom. The predicted octanol–water partition coefficient (Wildman–Crippen LogP) is 9.36. The number of ether oxygens (including phenoxy) is 1. The van der Waals surface area contributed by atoms with E-state index in [0.29, 0.717) is 11.8 Å². The van der Waals surface area contributed by atoms with Gasteiger partial charge in [-0.15, -0.1) is 9.24 Å². The standard InChI is InChI=1S/C26H31NP2.C10H14O.C5H10.2Ar.Fe/c1-27-19-24(22-15-8-9-17-25(22)28)23-16-10-18-26(23)29(20-11-4-2-5-12-20)21-13-6-3-7-14-21;1-7-5-8(2)10(11-4)9(3)6-7;1-2-4-5-3-1;;;/h2-9,11-15,17,23-24,26-27H,10,16,18-19,28H2,1H3;5-6H,1-4H3;1-5H2;;;/t23?,24-,26?;;;;;/m1...../s1. The molecule has 4 aromatic carbocycles. The summed E-state index contributed by atoms with van der Waals surface area (Å²) in [4.78, 5) is 0. The molecule has 3 unspecified atom stereocenters. The second-order valence-corrected chi connectivity index (χ2v) is 15.8. The number of hydrogen-bond acceptors (Lipinski definition) is 2. The zero-order chi connectivity index (χ0) is 32.0. The van der Waals surface area contributed by atoms with E-state index in [-0.39, 0.29) is 100 Å². The molecule has 4 aromatic rings. The molecule has 2 nitrogen and oxygen atoms in total. The van der Waals surface area contributed by atoms with Gasteiger partial charge in [-0.25, -0.2) is 0 Å². The number of benzene rings is 4. The third-order valence-corrected chi connectivity index (χ3v) is 12.9. The van der Waals surface area contributed by atoms with Gasteiger partial charge in [0.1, 0.15) is 5.75 Å². The van der Waals surface area contributed by atoms with Crippen LogP contribution in [0.2, 0.25) is 0 Å². The largest absolute Gasteiger partial charge is 0.496 e. The SMILES string of the molecule is C1CCCC1.CNC[C@H](c1ccccc1P)C1CCCC1P(c1ccccc1)c1ccccc1.COc1c(C)cc(C)cc1C.[Ar].[Ar].[Fe]. The molecule has 0 heterocycles. The van der Waals surface area contributed by atoms with Gasteiger partial charge in [0.25, 0.3) is 0 Å². The van der Waals surface area contributed by atoms with Crippen LogP contribution in [-0.4, -0.2) is 26.4 Å². The number of methoxy groups -OCH3 is 1. The molecule has 2 saturated carbocycles. The Morgan fingerprint density at radius 1 is 0.729 bits per heavy atom. The second kappa shape index (κ2) is 25.5.